The minimum absolute atomic E-state index is 0.0603. The number of nitrogens with one attached hydrogen (secondary N) is 1. The van der Waals surface area contributed by atoms with Gasteiger partial charge in [0.15, 0.2) is 0 Å². The maximum absolute atomic E-state index is 13.8. The number of nitrogens with zero attached hydrogens (tertiary/aromatic N) is 3. The van der Waals surface area contributed by atoms with Gasteiger partial charge < -0.3 is 5.32 Å². The molecule has 0 bridgehead atoms. The summed E-state index contributed by atoms with van der Waals surface area (Å²) in [5.41, 5.74) is 3.29. The van der Waals surface area contributed by atoms with Crippen LogP contribution < -0.4 is 10.9 Å². The first-order valence-electron chi connectivity index (χ1n) is 9.91. The number of pyridine rings is 1. The lowest BCUT2D eigenvalue weighted by molar-refractivity contribution is -0.121. The summed E-state index contributed by atoms with van der Waals surface area (Å²) < 4.78 is 17.1. The average molecular weight is 398 g/mol. The normalized spacial score (nSPS) is 11.4. The SMILES string of the molecule is CCn1c(=O)c(CCC(=O)NC(C)C)c(C)c2c(C)nn(-c3cccc(F)c3)c21. The van der Waals surface area contributed by atoms with E-state index in [-0.39, 0.29) is 29.7 Å². The van der Waals surface area contributed by atoms with Gasteiger partial charge in [-0.1, -0.05) is 6.07 Å². The Balaban J connectivity index is 2.17. The molecule has 7 heteroatoms. The van der Waals surface area contributed by atoms with Crippen molar-refractivity contribution in [3.8, 4) is 5.69 Å². The van der Waals surface area contributed by atoms with E-state index in [0.717, 1.165) is 16.6 Å². The Bertz CT molecular complexity index is 1130. The zero-order chi connectivity index (χ0) is 21.3. The molecule has 2 heterocycles. The van der Waals surface area contributed by atoms with E-state index in [1.807, 2.05) is 34.6 Å². The van der Waals surface area contributed by atoms with Crippen LogP contribution in [0.15, 0.2) is 29.1 Å². The Labute approximate surface area is 169 Å². The highest BCUT2D eigenvalue weighted by Crippen LogP contribution is 2.26. The molecule has 0 spiro atoms. The van der Waals surface area contributed by atoms with Crippen molar-refractivity contribution in [2.24, 2.45) is 0 Å². The number of carbonyl (C=O) groups is 1. The van der Waals surface area contributed by atoms with Gasteiger partial charge in [-0.2, -0.15) is 5.10 Å². The number of hydrogen-bond donors (Lipinski definition) is 1. The van der Waals surface area contributed by atoms with Gasteiger partial charge in [0.2, 0.25) is 5.91 Å². The zero-order valence-corrected chi connectivity index (χ0v) is 17.5. The van der Waals surface area contributed by atoms with Crippen molar-refractivity contribution in [3.63, 3.8) is 0 Å². The van der Waals surface area contributed by atoms with E-state index in [1.54, 1.807) is 21.4 Å². The monoisotopic (exact) mass is 398 g/mol. The lowest BCUT2D eigenvalue weighted by Crippen LogP contribution is -2.31. The molecule has 0 radical (unpaired) electrons. The minimum atomic E-state index is -0.362. The van der Waals surface area contributed by atoms with Crippen LogP contribution in [0.2, 0.25) is 0 Å². The van der Waals surface area contributed by atoms with Crippen molar-refractivity contribution in [1.29, 1.82) is 0 Å². The summed E-state index contributed by atoms with van der Waals surface area (Å²) in [6, 6.07) is 6.22. The predicted octanol–water partition coefficient (Wildman–Crippen LogP) is 3.42. The van der Waals surface area contributed by atoms with E-state index in [9.17, 15) is 14.0 Å². The molecule has 6 nitrogen and oxygen atoms in total. The third-order valence-corrected chi connectivity index (χ3v) is 5.04. The van der Waals surface area contributed by atoms with Crippen molar-refractivity contribution >= 4 is 16.9 Å². The summed E-state index contributed by atoms with van der Waals surface area (Å²) in [5, 5.41) is 8.33. The van der Waals surface area contributed by atoms with E-state index in [1.165, 1.54) is 12.1 Å². The number of aromatic nitrogens is 3. The van der Waals surface area contributed by atoms with Crippen LogP contribution in [0, 0.1) is 19.7 Å². The highest BCUT2D eigenvalue weighted by Gasteiger charge is 2.21. The van der Waals surface area contributed by atoms with Gasteiger partial charge in [-0.25, -0.2) is 9.07 Å². The lowest BCUT2D eigenvalue weighted by atomic mass is 10.0. The van der Waals surface area contributed by atoms with Crippen LogP contribution in [0.5, 0.6) is 0 Å². The number of fused-ring (bicyclic) bond motifs is 1. The second kappa shape index (κ2) is 8.19. The molecule has 154 valence electrons. The molecule has 3 aromatic rings. The Morgan fingerprint density at radius 3 is 2.62 bits per heavy atom. The second-order valence-corrected chi connectivity index (χ2v) is 7.55. The number of hydrogen-bond acceptors (Lipinski definition) is 3. The highest BCUT2D eigenvalue weighted by atomic mass is 19.1. The van der Waals surface area contributed by atoms with Crippen LogP contribution in [-0.2, 0) is 17.8 Å². The first-order valence-corrected chi connectivity index (χ1v) is 9.91. The van der Waals surface area contributed by atoms with E-state index in [0.29, 0.717) is 29.9 Å². The largest absolute Gasteiger partial charge is 0.354 e. The van der Waals surface area contributed by atoms with Crippen molar-refractivity contribution in [2.45, 2.75) is 60.0 Å². The molecule has 0 fully saturated rings. The Morgan fingerprint density at radius 2 is 2.00 bits per heavy atom. The smallest absolute Gasteiger partial charge is 0.255 e. The molecule has 3 rings (SSSR count). The summed E-state index contributed by atoms with van der Waals surface area (Å²) in [5.74, 6) is -0.437. The second-order valence-electron chi connectivity index (χ2n) is 7.55. The fourth-order valence-electron chi connectivity index (χ4n) is 3.78. The maximum atomic E-state index is 13.8. The van der Waals surface area contributed by atoms with Crippen molar-refractivity contribution in [1.82, 2.24) is 19.7 Å². The zero-order valence-electron chi connectivity index (χ0n) is 17.5. The predicted molar refractivity (Wildman–Crippen MR) is 112 cm³/mol. The van der Waals surface area contributed by atoms with Gasteiger partial charge in [-0.05, 0) is 64.8 Å². The van der Waals surface area contributed by atoms with Crippen LogP contribution in [0.25, 0.3) is 16.7 Å². The van der Waals surface area contributed by atoms with Crippen LogP contribution >= 0.6 is 0 Å². The lowest BCUT2D eigenvalue weighted by Gasteiger charge is -2.15. The van der Waals surface area contributed by atoms with Gasteiger partial charge in [-0.15, -0.1) is 0 Å². The molecule has 0 unspecified atom stereocenters. The molecular weight excluding hydrogens is 371 g/mol. The molecule has 1 aromatic carbocycles. The first kappa shape index (κ1) is 20.8. The van der Waals surface area contributed by atoms with Crippen LogP contribution in [0.4, 0.5) is 4.39 Å². The third-order valence-electron chi connectivity index (χ3n) is 5.04. The van der Waals surface area contributed by atoms with Crippen molar-refractivity contribution < 1.29 is 9.18 Å². The number of carbonyl (C=O) groups excluding carboxylic acids is 1. The van der Waals surface area contributed by atoms with Crippen molar-refractivity contribution in [2.75, 3.05) is 0 Å². The summed E-state index contributed by atoms with van der Waals surface area (Å²) in [6.07, 6.45) is 0.615. The highest BCUT2D eigenvalue weighted by molar-refractivity contribution is 5.85. The molecule has 1 N–H and O–H groups in total. The minimum Gasteiger partial charge on any atom is -0.354 e. The molecule has 0 saturated heterocycles. The summed E-state index contributed by atoms with van der Waals surface area (Å²) in [7, 11) is 0. The van der Waals surface area contributed by atoms with E-state index in [2.05, 4.69) is 10.4 Å². The first-order chi connectivity index (χ1) is 13.7. The van der Waals surface area contributed by atoms with Crippen LogP contribution in [0.1, 0.15) is 44.0 Å². The maximum Gasteiger partial charge on any atom is 0.255 e. The summed E-state index contributed by atoms with van der Waals surface area (Å²) in [6.45, 7) is 9.92. The van der Waals surface area contributed by atoms with Crippen molar-refractivity contribution in [3.05, 3.63) is 57.3 Å². The van der Waals surface area contributed by atoms with Gasteiger partial charge >= 0.3 is 0 Å². The molecule has 2 aromatic heterocycles. The Kier molecular flexibility index (Phi) is 5.86. The standard InChI is InChI=1S/C22H27FN4O2/c1-6-26-21-20(15(5)25-27(21)17-9-7-8-16(23)12-17)14(4)18(22(26)29)10-11-19(28)24-13(2)3/h7-9,12-13H,6,10-11H2,1-5H3,(H,24,28). The van der Waals surface area contributed by atoms with Gasteiger partial charge in [-0.3, -0.25) is 14.2 Å². The van der Waals surface area contributed by atoms with E-state index in [4.69, 9.17) is 0 Å². The number of benzene rings is 1. The number of halogens is 1. The van der Waals surface area contributed by atoms with E-state index >= 15 is 0 Å². The molecule has 1 amide bonds. The van der Waals surface area contributed by atoms with Gasteiger partial charge in [0, 0.05) is 30.0 Å². The van der Waals surface area contributed by atoms with E-state index < -0.39 is 0 Å². The average Bonchev–Trinajstić information content (AvgIpc) is 2.99. The number of rotatable bonds is 6. The molecule has 0 atom stereocenters. The molecule has 29 heavy (non-hydrogen) atoms. The van der Waals surface area contributed by atoms with Crippen LogP contribution in [0.3, 0.4) is 0 Å². The molecule has 0 aliphatic heterocycles. The Morgan fingerprint density at radius 1 is 1.28 bits per heavy atom. The summed E-state index contributed by atoms with van der Waals surface area (Å²) in [4.78, 5) is 25.3. The number of aryl methyl sites for hydroxylation is 3. The van der Waals surface area contributed by atoms with Gasteiger partial charge in [0.1, 0.15) is 11.5 Å². The molecule has 0 aliphatic rings. The topological polar surface area (TPSA) is 68.9 Å². The molecule has 0 aliphatic carbocycles. The molecular formula is C22H27FN4O2. The van der Waals surface area contributed by atoms with Gasteiger partial charge in [0.25, 0.3) is 5.56 Å². The summed E-state index contributed by atoms with van der Waals surface area (Å²) >= 11 is 0. The molecule has 0 saturated carbocycles. The van der Waals surface area contributed by atoms with Crippen LogP contribution in [-0.4, -0.2) is 26.3 Å². The quantitative estimate of drug-likeness (QED) is 0.692. The number of amides is 1. The fraction of sp³-hybridized carbons (Fsp3) is 0.409. The van der Waals surface area contributed by atoms with Gasteiger partial charge in [0.05, 0.1) is 11.4 Å². The fourth-order valence-corrected chi connectivity index (χ4v) is 3.78. The Hall–Kier alpha value is -2.96. The third kappa shape index (κ3) is 3.95.